The maximum atomic E-state index is 13.9. The number of nitrogens with zero attached hydrogens (tertiary/aromatic N) is 5. The highest BCUT2D eigenvalue weighted by Gasteiger charge is 2.29. The number of rotatable bonds is 6. The molecule has 212 valence electrons. The van der Waals surface area contributed by atoms with Gasteiger partial charge in [-0.3, -0.25) is 4.79 Å². The van der Waals surface area contributed by atoms with Crippen LogP contribution >= 0.6 is 0 Å². The molecule has 2 aliphatic rings. The molecule has 9 nitrogen and oxygen atoms in total. The summed E-state index contributed by atoms with van der Waals surface area (Å²) in [7, 11) is 0.135. The molecule has 10 heteroatoms. The van der Waals surface area contributed by atoms with E-state index in [0.717, 1.165) is 44.5 Å². The van der Waals surface area contributed by atoms with Crippen LogP contribution in [0.3, 0.4) is 0 Å². The molecule has 2 fully saturated rings. The van der Waals surface area contributed by atoms with Gasteiger partial charge in [0.1, 0.15) is 22.4 Å². The van der Waals surface area contributed by atoms with Gasteiger partial charge in [0.05, 0.1) is 22.5 Å². The Morgan fingerprint density at radius 2 is 1.79 bits per heavy atom. The van der Waals surface area contributed by atoms with Crippen molar-refractivity contribution in [2.24, 2.45) is 4.40 Å². The molecule has 2 atom stereocenters. The van der Waals surface area contributed by atoms with Gasteiger partial charge >= 0.3 is 6.09 Å². The van der Waals surface area contributed by atoms with Crippen molar-refractivity contribution in [3.05, 3.63) is 22.9 Å². The summed E-state index contributed by atoms with van der Waals surface area (Å²) in [5.41, 5.74) is 0.877. The molecule has 2 aliphatic heterocycles. The molecule has 3 rings (SSSR count). The summed E-state index contributed by atoms with van der Waals surface area (Å²) < 4.78 is 22.2. The number of likely N-dealkylation sites (tertiary alicyclic amines) is 1. The van der Waals surface area contributed by atoms with Crippen LogP contribution in [0.15, 0.2) is 10.5 Å². The number of hydrogen-bond acceptors (Lipinski definition) is 6. The highest BCUT2D eigenvalue weighted by atomic mass is 32.2. The summed E-state index contributed by atoms with van der Waals surface area (Å²) in [5.74, 6) is 0.640. The van der Waals surface area contributed by atoms with Crippen molar-refractivity contribution in [2.75, 3.05) is 31.6 Å². The lowest BCUT2D eigenvalue weighted by Gasteiger charge is -2.30. The lowest BCUT2D eigenvalue weighted by molar-refractivity contribution is 0.0283. The van der Waals surface area contributed by atoms with Gasteiger partial charge in [0.2, 0.25) is 0 Å². The van der Waals surface area contributed by atoms with Crippen molar-refractivity contribution >= 4 is 35.0 Å². The van der Waals surface area contributed by atoms with Gasteiger partial charge < -0.3 is 19.4 Å². The molecule has 3 heterocycles. The standard InChI is InChI=1S/C28H45N5O4S/c1-20-13-12-16-33(20)24-17-21(25(34)32-14-10-9-11-15-32)22(18-29-38(36)28(5,6)7)23(30-24)19-31(8)26(35)37-27(2,3)4/h17-18,20H,9-16,19H2,1-8H3/b29-18+/t20-,38?/m1/s1. The fourth-order valence-corrected chi connectivity index (χ4v) is 5.13. The van der Waals surface area contributed by atoms with Gasteiger partial charge in [-0.05, 0) is 86.6 Å². The molecule has 38 heavy (non-hydrogen) atoms. The number of amides is 2. The number of carbonyl (C=O) groups is 2. The minimum absolute atomic E-state index is 0.0793. The normalized spacial score (nSPS) is 19.6. The van der Waals surface area contributed by atoms with E-state index in [1.165, 1.54) is 11.1 Å². The van der Waals surface area contributed by atoms with E-state index in [0.29, 0.717) is 36.0 Å². The van der Waals surface area contributed by atoms with Crippen LogP contribution in [-0.4, -0.2) is 80.3 Å². The van der Waals surface area contributed by atoms with E-state index in [9.17, 15) is 13.8 Å². The number of hydrogen-bond donors (Lipinski definition) is 0. The molecule has 0 spiro atoms. The van der Waals surface area contributed by atoms with Crippen molar-refractivity contribution in [3.8, 4) is 0 Å². The second kappa shape index (κ2) is 12.1. The number of piperidine rings is 1. The van der Waals surface area contributed by atoms with Crippen LogP contribution in [0.2, 0.25) is 0 Å². The fraction of sp³-hybridized carbons (Fsp3) is 0.714. The Balaban J connectivity index is 2.13. The van der Waals surface area contributed by atoms with Gasteiger partial charge in [-0.25, -0.2) is 14.0 Å². The smallest absolute Gasteiger partial charge is 0.410 e. The van der Waals surface area contributed by atoms with Crippen molar-refractivity contribution in [1.82, 2.24) is 14.8 Å². The van der Waals surface area contributed by atoms with E-state index in [1.807, 2.05) is 52.5 Å². The van der Waals surface area contributed by atoms with E-state index >= 15 is 0 Å². The first kappa shape index (κ1) is 30.1. The minimum atomic E-state index is -1.52. The third-order valence-electron chi connectivity index (χ3n) is 6.74. The average Bonchev–Trinajstić information content (AvgIpc) is 3.26. The Kier molecular flexibility index (Phi) is 9.60. The summed E-state index contributed by atoms with van der Waals surface area (Å²) in [4.78, 5) is 37.3. The SMILES string of the molecule is C[C@@H]1CCCN1c1cc(C(=O)N2CCCCC2)c(/C=N/S(=O)C(C)(C)C)c(CN(C)C(=O)OC(C)(C)C)n1. The molecule has 2 saturated heterocycles. The molecular weight excluding hydrogens is 502 g/mol. The molecule has 0 saturated carbocycles. The number of pyridine rings is 1. The van der Waals surface area contributed by atoms with Gasteiger partial charge in [-0.1, -0.05) is 0 Å². The number of anilines is 1. The van der Waals surface area contributed by atoms with Crippen LogP contribution in [0.4, 0.5) is 10.6 Å². The molecule has 0 bridgehead atoms. The average molecular weight is 548 g/mol. The summed E-state index contributed by atoms with van der Waals surface area (Å²) in [6, 6.07) is 2.15. The summed E-state index contributed by atoms with van der Waals surface area (Å²) >= 11 is 0. The van der Waals surface area contributed by atoms with E-state index in [-0.39, 0.29) is 12.5 Å². The zero-order valence-electron chi connectivity index (χ0n) is 24.4. The molecule has 0 aromatic carbocycles. The van der Waals surface area contributed by atoms with Crippen LogP contribution in [0.5, 0.6) is 0 Å². The predicted molar refractivity (Wildman–Crippen MR) is 153 cm³/mol. The van der Waals surface area contributed by atoms with Gasteiger partial charge in [0.15, 0.2) is 0 Å². The Morgan fingerprint density at radius 1 is 1.13 bits per heavy atom. The molecule has 0 N–H and O–H groups in total. The van der Waals surface area contributed by atoms with Gasteiger partial charge in [0.25, 0.3) is 5.91 Å². The Bertz CT molecular complexity index is 1070. The Morgan fingerprint density at radius 3 is 2.34 bits per heavy atom. The lowest BCUT2D eigenvalue weighted by atomic mass is 10.0. The molecule has 0 aliphatic carbocycles. The molecule has 1 aromatic rings. The van der Waals surface area contributed by atoms with Gasteiger partial charge in [-0.2, -0.15) is 4.40 Å². The third kappa shape index (κ3) is 7.77. The zero-order valence-corrected chi connectivity index (χ0v) is 25.2. The van der Waals surface area contributed by atoms with Crippen molar-refractivity contribution < 1.29 is 18.5 Å². The monoisotopic (exact) mass is 547 g/mol. The van der Waals surface area contributed by atoms with Crippen LogP contribution in [-0.2, 0) is 22.3 Å². The summed E-state index contributed by atoms with van der Waals surface area (Å²) in [6.45, 7) is 15.6. The largest absolute Gasteiger partial charge is 0.444 e. The maximum Gasteiger partial charge on any atom is 0.410 e. The third-order valence-corrected chi connectivity index (χ3v) is 8.08. The first-order chi connectivity index (χ1) is 17.7. The van der Waals surface area contributed by atoms with E-state index in [4.69, 9.17) is 9.72 Å². The lowest BCUT2D eigenvalue weighted by Crippen LogP contribution is -2.37. The van der Waals surface area contributed by atoms with Crippen molar-refractivity contribution in [1.29, 1.82) is 0 Å². The first-order valence-corrected chi connectivity index (χ1v) is 14.8. The molecule has 0 radical (unpaired) electrons. The van der Waals surface area contributed by atoms with E-state index < -0.39 is 27.4 Å². The summed E-state index contributed by atoms with van der Waals surface area (Å²) in [5, 5.41) is 0. The number of aromatic nitrogens is 1. The molecular formula is C28H45N5O4S. The second-order valence-corrected chi connectivity index (χ2v) is 14.3. The van der Waals surface area contributed by atoms with Gasteiger partial charge in [-0.15, -0.1) is 0 Å². The molecule has 1 aromatic heterocycles. The van der Waals surface area contributed by atoms with E-state index in [2.05, 4.69) is 16.2 Å². The minimum Gasteiger partial charge on any atom is -0.444 e. The second-order valence-electron chi connectivity index (χ2n) is 12.4. The van der Waals surface area contributed by atoms with Gasteiger partial charge in [0, 0.05) is 44.5 Å². The van der Waals surface area contributed by atoms with Crippen LogP contribution in [0.1, 0.15) is 102 Å². The number of ether oxygens (including phenoxy) is 1. The maximum absolute atomic E-state index is 13.9. The quantitative estimate of drug-likeness (QED) is 0.468. The predicted octanol–water partition coefficient (Wildman–Crippen LogP) is 4.94. The highest BCUT2D eigenvalue weighted by molar-refractivity contribution is 7.85. The Hall–Kier alpha value is -2.49. The fourth-order valence-electron chi connectivity index (χ4n) is 4.61. The van der Waals surface area contributed by atoms with Crippen LogP contribution in [0, 0.1) is 0 Å². The molecule has 2 amide bonds. The highest BCUT2D eigenvalue weighted by Crippen LogP contribution is 2.29. The Labute approximate surface area is 230 Å². The van der Waals surface area contributed by atoms with Crippen molar-refractivity contribution in [3.63, 3.8) is 0 Å². The zero-order chi connectivity index (χ0) is 28.3. The summed E-state index contributed by atoms with van der Waals surface area (Å²) in [6.07, 6.45) is 6.20. The van der Waals surface area contributed by atoms with Crippen molar-refractivity contribution in [2.45, 2.75) is 104 Å². The van der Waals surface area contributed by atoms with E-state index in [1.54, 1.807) is 7.05 Å². The van der Waals surface area contributed by atoms with Crippen LogP contribution in [0.25, 0.3) is 0 Å². The first-order valence-electron chi connectivity index (χ1n) is 13.7. The molecule has 1 unspecified atom stereocenters. The number of carbonyl (C=O) groups excluding carboxylic acids is 2. The van der Waals surface area contributed by atoms with Crippen LogP contribution < -0.4 is 4.90 Å². The topological polar surface area (TPSA) is 95.4 Å².